The number of likely N-dealkylation sites (tertiary alicyclic amines) is 1. The van der Waals surface area contributed by atoms with Crippen molar-refractivity contribution in [1.82, 2.24) is 9.96 Å². The molecule has 5 nitrogen and oxygen atoms in total. The van der Waals surface area contributed by atoms with Gasteiger partial charge < -0.3 is 0 Å². The van der Waals surface area contributed by atoms with E-state index in [2.05, 4.69) is 17.0 Å². The van der Waals surface area contributed by atoms with E-state index in [-0.39, 0.29) is 11.5 Å². The molecular weight excluding hydrogens is 350 g/mol. The van der Waals surface area contributed by atoms with Crippen LogP contribution in [-0.2, 0) is 22.7 Å². The topological polar surface area (TPSA) is 56.6 Å². The number of carbonyl (C=O) groups excluding carboxylic acids is 1. The van der Waals surface area contributed by atoms with Crippen LogP contribution in [0.25, 0.3) is 0 Å². The summed E-state index contributed by atoms with van der Waals surface area (Å²) in [7, 11) is 0. The summed E-state index contributed by atoms with van der Waals surface area (Å²) >= 11 is 0. The molecule has 144 valence electrons. The van der Waals surface area contributed by atoms with E-state index in [0.29, 0.717) is 13.0 Å². The van der Waals surface area contributed by atoms with Crippen LogP contribution >= 0.6 is 0 Å². The monoisotopic (exact) mass is 375 g/mol. The van der Waals surface area contributed by atoms with Gasteiger partial charge >= 0.3 is 0 Å². The van der Waals surface area contributed by atoms with E-state index >= 15 is 0 Å². The van der Waals surface area contributed by atoms with Crippen molar-refractivity contribution in [2.45, 2.75) is 44.9 Å². The van der Waals surface area contributed by atoms with Gasteiger partial charge in [0, 0.05) is 19.6 Å². The zero-order chi connectivity index (χ0) is 19.6. The van der Waals surface area contributed by atoms with Crippen LogP contribution in [0, 0.1) is 18.3 Å². The van der Waals surface area contributed by atoms with Gasteiger partial charge in [-0.15, -0.1) is 0 Å². The second-order valence-corrected chi connectivity index (χ2v) is 7.90. The summed E-state index contributed by atoms with van der Waals surface area (Å²) in [5.41, 5.74) is 3.64. The Hall–Kier alpha value is -2.68. The molecule has 2 aliphatic heterocycles. The second kappa shape index (κ2) is 7.75. The molecule has 2 heterocycles. The molecule has 5 heteroatoms. The molecule has 28 heavy (non-hydrogen) atoms. The van der Waals surface area contributed by atoms with Gasteiger partial charge in [0.2, 0.25) is 5.91 Å². The summed E-state index contributed by atoms with van der Waals surface area (Å²) in [5.74, 6) is 0.0782. The van der Waals surface area contributed by atoms with Gasteiger partial charge in [0.1, 0.15) is 5.60 Å². The number of hydrogen-bond acceptors (Lipinski definition) is 4. The SMILES string of the molecule is Cc1ccc(CN2CCC3(CC2)CC(=O)N(Cc2ccccc2)O3)cc1C#N. The molecule has 2 aliphatic rings. The third-order valence-electron chi connectivity index (χ3n) is 5.82. The van der Waals surface area contributed by atoms with Gasteiger partial charge in [-0.1, -0.05) is 42.5 Å². The van der Waals surface area contributed by atoms with Crippen molar-refractivity contribution in [2.24, 2.45) is 0 Å². The summed E-state index contributed by atoms with van der Waals surface area (Å²) in [6.45, 7) is 5.07. The largest absolute Gasteiger partial charge is 0.299 e. The van der Waals surface area contributed by atoms with Crippen LogP contribution < -0.4 is 0 Å². The minimum absolute atomic E-state index is 0.0782. The normalized spacial score (nSPS) is 19.1. The molecule has 2 aromatic carbocycles. The van der Waals surface area contributed by atoms with Crippen LogP contribution in [0.2, 0.25) is 0 Å². The molecule has 4 rings (SSSR count). The lowest BCUT2D eigenvalue weighted by molar-refractivity contribution is -0.214. The molecule has 0 aliphatic carbocycles. The zero-order valence-corrected chi connectivity index (χ0v) is 16.2. The molecule has 1 amide bonds. The van der Waals surface area contributed by atoms with Gasteiger partial charge in [-0.3, -0.25) is 14.5 Å². The fraction of sp³-hybridized carbons (Fsp3) is 0.391. The highest BCUT2D eigenvalue weighted by Crippen LogP contribution is 2.37. The quantitative estimate of drug-likeness (QED) is 0.820. The van der Waals surface area contributed by atoms with Crippen molar-refractivity contribution in [3.05, 3.63) is 70.8 Å². The molecule has 2 aromatic rings. The van der Waals surface area contributed by atoms with Crippen LogP contribution in [-0.4, -0.2) is 34.6 Å². The number of aryl methyl sites for hydroxylation is 1. The van der Waals surface area contributed by atoms with Crippen molar-refractivity contribution < 1.29 is 9.63 Å². The fourth-order valence-corrected chi connectivity index (χ4v) is 4.08. The van der Waals surface area contributed by atoms with Gasteiger partial charge in [-0.05, 0) is 42.5 Å². The maximum absolute atomic E-state index is 12.5. The van der Waals surface area contributed by atoms with E-state index in [1.54, 1.807) is 5.06 Å². The molecular formula is C23H25N3O2. The predicted molar refractivity (Wildman–Crippen MR) is 106 cm³/mol. The molecule has 0 aromatic heterocycles. The van der Waals surface area contributed by atoms with Gasteiger partial charge in [-0.2, -0.15) is 5.26 Å². The third-order valence-corrected chi connectivity index (χ3v) is 5.82. The summed E-state index contributed by atoms with van der Waals surface area (Å²) in [6, 6.07) is 18.3. The van der Waals surface area contributed by atoms with E-state index in [9.17, 15) is 10.1 Å². The summed E-state index contributed by atoms with van der Waals surface area (Å²) in [4.78, 5) is 21.0. The number of benzene rings is 2. The Kier molecular flexibility index (Phi) is 5.17. The molecule has 0 N–H and O–H groups in total. The van der Waals surface area contributed by atoms with Crippen molar-refractivity contribution in [1.29, 1.82) is 5.26 Å². The predicted octanol–water partition coefficient (Wildman–Crippen LogP) is 3.57. The van der Waals surface area contributed by atoms with E-state index in [0.717, 1.165) is 54.7 Å². The molecule has 0 unspecified atom stereocenters. The lowest BCUT2D eigenvalue weighted by Crippen LogP contribution is -2.44. The van der Waals surface area contributed by atoms with Crippen molar-refractivity contribution in [3.8, 4) is 6.07 Å². The highest BCUT2D eigenvalue weighted by Gasteiger charge is 2.46. The number of piperidine rings is 1. The molecule has 0 saturated carbocycles. The molecule has 0 radical (unpaired) electrons. The van der Waals surface area contributed by atoms with Crippen LogP contribution in [0.1, 0.15) is 41.5 Å². The van der Waals surface area contributed by atoms with E-state index in [1.807, 2.05) is 49.4 Å². The lowest BCUT2D eigenvalue weighted by Gasteiger charge is -2.37. The van der Waals surface area contributed by atoms with E-state index < -0.39 is 0 Å². The Morgan fingerprint density at radius 2 is 1.82 bits per heavy atom. The average Bonchev–Trinajstić information content (AvgIpc) is 3.01. The number of hydrogen-bond donors (Lipinski definition) is 0. The first kappa shape index (κ1) is 18.7. The minimum Gasteiger partial charge on any atom is -0.299 e. The highest BCUT2D eigenvalue weighted by atomic mass is 16.7. The number of nitrogens with zero attached hydrogens (tertiary/aromatic N) is 3. The third kappa shape index (κ3) is 3.94. The summed E-state index contributed by atoms with van der Waals surface area (Å²) in [6.07, 6.45) is 2.17. The number of rotatable bonds is 4. The number of carbonyl (C=O) groups is 1. The first-order valence-electron chi connectivity index (χ1n) is 9.82. The molecule has 1 spiro atoms. The van der Waals surface area contributed by atoms with Crippen molar-refractivity contribution in [3.63, 3.8) is 0 Å². The Balaban J connectivity index is 1.35. The molecule has 2 saturated heterocycles. The Bertz CT molecular complexity index is 896. The van der Waals surface area contributed by atoms with Gasteiger partial charge in [0.05, 0.1) is 24.6 Å². The average molecular weight is 375 g/mol. The summed E-state index contributed by atoms with van der Waals surface area (Å²) in [5, 5.41) is 10.8. The van der Waals surface area contributed by atoms with Crippen LogP contribution in [0.15, 0.2) is 48.5 Å². The van der Waals surface area contributed by atoms with E-state index in [1.165, 1.54) is 0 Å². The Morgan fingerprint density at radius 1 is 1.07 bits per heavy atom. The lowest BCUT2D eigenvalue weighted by atomic mass is 9.88. The van der Waals surface area contributed by atoms with Crippen molar-refractivity contribution in [2.75, 3.05) is 13.1 Å². The second-order valence-electron chi connectivity index (χ2n) is 7.90. The van der Waals surface area contributed by atoms with Gasteiger partial charge in [0.25, 0.3) is 0 Å². The Morgan fingerprint density at radius 3 is 2.54 bits per heavy atom. The molecule has 0 atom stereocenters. The van der Waals surface area contributed by atoms with Gasteiger partial charge in [-0.25, -0.2) is 5.06 Å². The van der Waals surface area contributed by atoms with Crippen molar-refractivity contribution >= 4 is 5.91 Å². The maximum atomic E-state index is 12.5. The van der Waals surface area contributed by atoms with Crippen LogP contribution in [0.5, 0.6) is 0 Å². The van der Waals surface area contributed by atoms with Crippen LogP contribution in [0.3, 0.4) is 0 Å². The molecule has 0 bridgehead atoms. The minimum atomic E-state index is -0.354. The first-order valence-corrected chi connectivity index (χ1v) is 9.82. The summed E-state index contributed by atoms with van der Waals surface area (Å²) < 4.78 is 0. The zero-order valence-electron chi connectivity index (χ0n) is 16.2. The smallest absolute Gasteiger partial charge is 0.249 e. The number of hydroxylamine groups is 2. The number of amides is 1. The number of nitriles is 1. The van der Waals surface area contributed by atoms with Gasteiger partial charge in [0.15, 0.2) is 0 Å². The van der Waals surface area contributed by atoms with Crippen LogP contribution in [0.4, 0.5) is 0 Å². The standard InChI is InChI=1S/C23H25N3O2/c1-18-7-8-20(13-21(18)15-24)16-25-11-9-23(10-12-25)14-22(27)26(28-23)17-19-5-3-2-4-6-19/h2-8,13H,9-12,14,16-17H2,1H3. The Labute approximate surface area is 166 Å². The highest BCUT2D eigenvalue weighted by molar-refractivity contribution is 5.78. The first-order chi connectivity index (χ1) is 13.6. The van der Waals surface area contributed by atoms with E-state index in [4.69, 9.17) is 4.84 Å². The molecule has 2 fully saturated rings. The maximum Gasteiger partial charge on any atom is 0.249 e. The fourth-order valence-electron chi connectivity index (χ4n) is 4.08.